The van der Waals surface area contributed by atoms with Crippen molar-refractivity contribution in [3.63, 3.8) is 0 Å². The smallest absolute Gasteiger partial charge is 0.313 e. The number of hydrogen-bond acceptors (Lipinski definition) is 5. The minimum Gasteiger partial charge on any atom is -0.466 e. The van der Waals surface area contributed by atoms with Crippen molar-refractivity contribution < 1.29 is 19.2 Å². The second-order valence-corrected chi connectivity index (χ2v) is 3.63. The van der Waals surface area contributed by atoms with E-state index in [2.05, 4.69) is 4.74 Å². The molecular formula is C13H13NO5. The van der Waals surface area contributed by atoms with Crippen LogP contribution in [0.2, 0.25) is 0 Å². The zero-order valence-corrected chi connectivity index (χ0v) is 10.4. The fourth-order valence-electron chi connectivity index (χ4n) is 1.34. The molecule has 1 aromatic carbocycles. The van der Waals surface area contributed by atoms with E-state index in [1.54, 1.807) is 13.0 Å². The number of ketones is 1. The summed E-state index contributed by atoms with van der Waals surface area (Å²) in [5.41, 5.74) is 0.464. The molecule has 0 unspecified atom stereocenters. The highest BCUT2D eigenvalue weighted by Gasteiger charge is 2.07. The van der Waals surface area contributed by atoms with Gasteiger partial charge < -0.3 is 4.74 Å². The van der Waals surface area contributed by atoms with Crippen molar-refractivity contribution in [1.29, 1.82) is 0 Å². The van der Waals surface area contributed by atoms with Crippen LogP contribution in [-0.2, 0) is 14.3 Å². The summed E-state index contributed by atoms with van der Waals surface area (Å²) in [5.74, 6) is -0.999. The van der Waals surface area contributed by atoms with E-state index >= 15 is 0 Å². The zero-order chi connectivity index (χ0) is 14.3. The Kier molecular flexibility index (Phi) is 5.40. The van der Waals surface area contributed by atoms with Gasteiger partial charge in [-0.15, -0.1) is 0 Å². The fourth-order valence-corrected chi connectivity index (χ4v) is 1.34. The average Bonchev–Trinajstić information content (AvgIpc) is 2.37. The highest BCUT2D eigenvalue weighted by Crippen LogP contribution is 2.14. The predicted molar refractivity (Wildman–Crippen MR) is 68.4 cm³/mol. The molecular weight excluding hydrogens is 250 g/mol. The monoisotopic (exact) mass is 263 g/mol. The number of non-ortho nitro benzene ring substituents is 1. The molecule has 1 rings (SSSR count). The number of carbonyl (C=O) groups excluding carboxylic acids is 2. The number of ether oxygens (including phenoxy) is 1. The lowest BCUT2D eigenvalue weighted by molar-refractivity contribution is -0.384. The summed E-state index contributed by atoms with van der Waals surface area (Å²) in [7, 11) is 0. The maximum atomic E-state index is 11.4. The topological polar surface area (TPSA) is 86.5 Å². The minimum atomic E-state index is -0.587. The molecule has 0 aromatic heterocycles. The van der Waals surface area contributed by atoms with Crippen molar-refractivity contribution in [1.82, 2.24) is 0 Å². The summed E-state index contributed by atoms with van der Waals surface area (Å²) in [6.45, 7) is 1.88. The van der Waals surface area contributed by atoms with E-state index in [0.717, 1.165) is 0 Å². The van der Waals surface area contributed by atoms with E-state index in [1.807, 2.05) is 0 Å². The number of carbonyl (C=O) groups is 2. The first-order valence-corrected chi connectivity index (χ1v) is 5.64. The maximum Gasteiger partial charge on any atom is 0.313 e. The van der Waals surface area contributed by atoms with Gasteiger partial charge in [0.25, 0.3) is 5.69 Å². The van der Waals surface area contributed by atoms with E-state index in [0.29, 0.717) is 5.56 Å². The highest BCUT2D eigenvalue weighted by atomic mass is 16.6. The lowest BCUT2D eigenvalue weighted by Crippen LogP contribution is -2.08. The molecule has 19 heavy (non-hydrogen) atoms. The van der Waals surface area contributed by atoms with E-state index in [1.165, 1.54) is 30.4 Å². The van der Waals surface area contributed by atoms with Crippen molar-refractivity contribution in [2.75, 3.05) is 6.61 Å². The molecule has 0 atom stereocenters. The van der Waals surface area contributed by atoms with Gasteiger partial charge in [-0.25, -0.2) is 0 Å². The molecule has 6 nitrogen and oxygen atoms in total. The van der Waals surface area contributed by atoms with Crippen LogP contribution in [0.5, 0.6) is 0 Å². The molecule has 0 saturated heterocycles. The number of nitrogens with zero attached hydrogens (tertiary/aromatic N) is 1. The SMILES string of the molecule is CCOC(=O)CC(=O)/C=C/c1cccc([N+](=O)[O-])c1. The first kappa shape index (κ1) is 14.6. The molecule has 6 heteroatoms. The molecule has 100 valence electrons. The van der Waals surface area contributed by atoms with Gasteiger partial charge in [-0.05, 0) is 18.6 Å². The maximum absolute atomic E-state index is 11.4. The van der Waals surface area contributed by atoms with Crippen molar-refractivity contribution >= 4 is 23.5 Å². The molecule has 0 aliphatic heterocycles. The van der Waals surface area contributed by atoms with Crippen LogP contribution in [0.25, 0.3) is 6.08 Å². The van der Waals surface area contributed by atoms with Gasteiger partial charge in [-0.1, -0.05) is 18.2 Å². The summed E-state index contributed by atoms with van der Waals surface area (Å²) in [6, 6.07) is 5.85. The average molecular weight is 263 g/mol. The van der Waals surface area contributed by atoms with Crippen LogP contribution in [0.15, 0.2) is 30.3 Å². The minimum absolute atomic E-state index is 0.0556. The third-order valence-corrected chi connectivity index (χ3v) is 2.17. The lowest BCUT2D eigenvalue weighted by Gasteiger charge is -1.98. The Morgan fingerprint density at radius 3 is 2.79 bits per heavy atom. The second kappa shape index (κ2) is 7.05. The van der Waals surface area contributed by atoms with Gasteiger partial charge in [-0.3, -0.25) is 19.7 Å². The molecule has 1 aromatic rings. The number of benzene rings is 1. The van der Waals surface area contributed by atoms with Crippen molar-refractivity contribution in [3.8, 4) is 0 Å². The van der Waals surface area contributed by atoms with Gasteiger partial charge >= 0.3 is 5.97 Å². The summed E-state index contributed by atoms with van der Waals surface area (Å²) in [5, 5.41) is 10.6. The van der Waals surface area contributed by atoms with Crippen LogP contribution in [0.4, 0.5) is 5.69 Å². The van der Waals surface area contributed by atoms with Gasteiger partial charge in [0.15, 0.2) is 5.78 Å². The third kappa shape index (κ3) is 5.12. The number of esters is 1. The standard InChI is InChI=1S/C13H13NO5/c1-2-19-13(16)9-12(15)7-6-10-4-3-5-11(8-10)14(17)18/h3-8H,2,9H2,1H3/b7-6+. The van der Waals surface area contributed by atoms with E-state index in [9.17, 15) is 19.7 Å². The Morgan fingerprint density at radius 2 is 2.16 bits per heavy atom. The number of nitro groups is 1. The van der Waals surface area contributed by atoms with Crippen LogP contribution in [0.3, 0.4) is 0 Å². The predicted octanol–water partition coefficient (Wildman–Crippen LogP) is 2.13. The van der Waals surface area contributed by atoms with Crippen molar-refractivity contribution in [2.45, 2.75) is 13.3 Å². The van der Waals surface area contributed by atoms with Crippen LogP contribution in [0, 0.1) is 10.1 Å². The largest absolute Gasteiger partial charge is 0.466 e. The van der Waals surface area contributed by atoms with Crippen LogP contribution in [0.1, 0.15) is 18.9 Å². The Bertz CT molecular complexity index is 522. The zero-order valence-electron chi connectivity index (χ0n) is 10.4. The third-order valence-electron chi connectivity index (χ3n) is 2.17. The van der Waals surface area contributed by atoms with E-state index in [4.69, 9.17) is 0 Å². The summed E-state index contributed by atoms with van der Waals surface area (Å²) in [4.78, 5) is 32.5. The van der Waals surface area contributed by atoms with Crippen LogP contribution in [-0.4, -0.2) is 23.3 Å². The van der Waals surface area contributed by atoms with Gasteiger partial charge in [0.1, 0.15) is 6.42 Å². The first-order chi connectivity index (χ1) is 9.02. The summed E-state index contributed by atoms with van der Waals surface area (Å²) >= 11 is 0. The molecule has 0 saturated carbocycles. The van der Waals surface area contributed by atoms with Gasteiger partial charge in [0.2, 0.25) is 0 Å². The van der Waals surface area contributed by atoms with Gasteiger partial charge in [0.05, 0.1) is 11.5 Å². The summed E-state index contributed by atoms with van der Waals surface area (Å²) < 4.78 is 4.63. The van der Waals surface area contributed by atoms with Gasteiger partial charge in [0, 0.05) is 12.1 Å². The molecule has 0 fully saturated rings. The quantitative estimate of drug-likeness (QED) is 0.258. The van der Waals surface area contributed by atoms with Crippen LogP contribution >= 0.6 is 0 Å². The van der Waals surface area contributed by atoms with Crippen molar-refractivity contribution in [3.05, 3.63) is 46.0 Å². The second-order valence-electron chi connectivity index (χ2n) is 3.63. The highest BCUT2D eigenvalue weighted by molar-refractivity contribution is 6.03. The molecule has 0 aliphatic rings. The molecule has 0 N–H and O–H groups in total. The number of rotatable bonds is 6. The normalized spacial score (nSPS) is 10.4. The molecule has 0 aliphatic carbocycles. The van der Waals surface area contributed by atoms with Gasteiger partial charge in [-0.2, -0.15) is 0 Å². The fraction of sp³-hybridized carbons (Fsp3) is 0.231. The lowest BCUT2D eigenvalue weighted by atomic mass is 10.1. The Labute approximate surface area is 109 Å². The summed E-state index contributed by atoms with van der Waals surface area (Å²) in [6.07, 6.45) is 2.30. The first-order valence-electron chi connectivity index (χ1n) is 5.64. The van der Waals surface area contributed by atoms with Crippen molar-refractivity contribution in [2.24, 2.45) is 0 Å². The Hall–Kier alpha value is -2.50. The molecule has 0 spiro atoms. The van der Waals surface area contributed by atoms with Crippen LogP contribution < -0.4 is 0 Å². The Morgan fingerprint density at radius 1 is 1.42 bits per heavy atom. The molecule has 0 amide bonds. The van der Waals surface area contributed by atoms with E-state index in [-0.39, 0.29) is 18.7 Å². The molecule has 0 bridgehead atoms. The number of nitro benzene ring substituents is 1. The van der Waals surface area contributed by atoms with E-state index < -0.39 is 16.7 Å². The number of allylic oxidation sites excluding steroid dienone is 1. The molecule has 0 heterocycles. The molecule has 0 radical (unpaired) electrons. The Balaban J connectivity index is 2.66. The number of hydrogen-bond donors (Lipinski definition) is 0.